The van der Waals surface area contributed by atoms with Crippen molar-refractivity contribution in [3.8, 4) is 5.75 Å². The number of hydrogen-bond acceptors (Lipinski definition) is 11. The first-order valence-corrected chi connectivity index (χ1v) is 12.7. The van der Waals surface area contributed by atoms with Crippen molar-refractivity contribution in [2.45, 2.75) is 24.3 Å². The van der Waals surface area contributed by atoms with Gasteiger partial charge in [0.05, 0.1) is 5.56 Å². The van der Waals surface area contributed by atoms with E-state index in [1.54, 1.807) is 48.5 Å². The molecular formula is C28H25ClN2O9. The van der Waals surface area contributed by atoms with Gasteiger partial charge in [0.15, 0.2) is 0 Å². The summed E-state index contributed by atoms with van der Waals surface area (Å²) in [5, 5.41) is 0.455. The summed E-state index contributed by atoms with van der Waals surface area (Å²) in [6.07, 6.45) is 2.71. The number of rotatable bonds is 6. The van der Waals surface area contributed by atoms with Crippen molar-refractivity contribution in [2.24, 2.45) is 0 Å². The highest BCUT2D eigenvalue weighted by Gasteiger charge is 2.70. The van der Waals surface area contributed by atoms with Crippen LogP contribution in [0.3, 0.4) is 0 Å². The van der Waals surface area contributed by atoms with Crippen molar-refractivity contribution in [2.75, 3.05) is 27.2 Å². The number of benzene rings is 2. The second kappa shape index (κ2) is 10.8. The first-order valence-electron chi connectivity index (χ1n) is 12.3. The lowest BCUT2D eigenvalue weighted by Crippen LogP contribution is -2.71. The third-order valence-corrected chi connectivity index (χ3v) is 6.64. The number of hydrogen-bond donors (Lipinski definition) is 0. The molecule has 0 bridgehead atoms. The lowest BCUT2D eigenvalue weighted by molar-refractivity contribution is -0.417. The van der Waals surface area contributed by atoms with Crippen LogP contribution in [-0.4, -0.2) is 66.8 Å². The maximum absolute atomic E-state index is 13.0. The smallest absolute Gasteiger partial charge is 0.370 e. The predicted octanol–water partition coefficient (Wildman–Crippen LogP) is 2.80. The number of ether oxygens (including phenoxy) is 5. The Kier molecular flexibility index (Phi) is 7.37. The van der Waals surface area contributed by atoms with E-state index in [-0.39, 0.29) is 17.7 Å². The summed E-state index contributed by atoms with van der Waals surface area (Å²) in [5.74, 6) is -8.09. The Morgan fingerprint density at radius 3 is 1.95 bits per heavy atom. The lowest BCUT2D eigenvalue weighted by atomic mass is 9.89. The maximum atomic E-state index is 13.0. The third-order valence-electron chi connectivity index (χ3n) is 6.38. The van der Waals surface area contributed by atoms with Crippen LogP contribution in [0.2, 0.25) is 5.02 Å². The molecule has 208 valence electrons. The predicted molar refractivity (Wildman–Crippen MR) is 138 cm³/mol. The summed E-state index contributed by atoms with van der Waals surface area (Å²) in [4.78, 5) is 54.8. The van der Waals surface area contributed by atoms with Gasteiger partial charge in [0, 0.05) is 41.4 Å². The molecule has 0 saturated heterocycles. The molecule has 0 aliphatic carbocycles. The van der Waals surface area contributed by atoms with E-state index in [0.29, 0.717) is 23.7 Å². The van der Waals surface area contributed by atoms with E-state index in [9.17, 15) is 19.2 Å². The number of halogens is 1. The van der Waals surface area contributed by atoms with Crippen molar-refractivity contribution in [1.82, 2.24) is 9.80 Å². The number of carbonyl (C=O) groups is 4. The summed E-state index contributed by atoms with van der Waals surface area (Å²) < 4.78 is 29.8. The molecule has 0 aromatic heterocycles. The standard InChI is InChI=1S/C28H25ClN2O9/c1-30(2)16-5-17-31-27(37-22(32)12-13-23(33)38-27)21-7-4-3-6-20(21)26(36-19-10-8-18(29)9-11-19)28(31)39-24(34)14-15-25(35)40-28/h3-4,6-15,26H,5,16-17H2,1-2H3. The monoisotopic (exact) mass is 568 g/mol. The molecule has 0 amide bonds. The Balaban J connectivity index is 1.78. The minimum atomic E-state index is -2.40. The van der Waals surface area contributed by atoms with E-state index in [4.69, 9.17) is 35.3 Å². The van der Waals surface area contributed by atoms with Crippen LogP contribution in [0.15, 0.2) is 72.8 Å². The molecule has 0 fully saturated rings. The minimum absolute atomic E-state index is 0.0475. The van der Waals surface area contributed by atoms with Gasteiger partial charge >= 0.3 is 35.7 Å². The average molecular weight is 569 g/mol. The molecule has 0 N–H and O–H groups in total. The van der Waals surface area contributed by atoms with E-state index in [1.165, 1.54) is 4.90 Å². The first-order chi connectivity index (χ1) is 19.1. The molecule has 12 heteroatoms. The first kappa shape index (κ1) is 27.4. The fourth-order valence-electron chi connectivity index (χ4n) is 4.79. The number of carbonyl (C=O) groups excluding carboxylic acids is 4. The van der Waals surface area contributed by atoms with Gasteiger partial charge in [-0.3, -0.25) is 0 Å². The van der Waals surface area contributed by atoms with E-state index in [0.717, 1.165) is 24.3 Å². The Hall–Kier alpha value is -4.19. The van der Waals surface area contributed by atoms with Gasteiger partial charge in [0.1, 0.15) is 5.75 Å². The molecule has 3 aliphatic rings. The fourth-order valence-corrected chi connectivity index (χ4v) is 4.91. The molecule has 2 aromatic rings. The molecular weight excluding hydrogens is 544 g/mol. The molecule has 0 saturated carbocycles. The van der Waals surface area contributed by atoms with Crippen LogP contribution in [0.5, 0.6) is 5.75 Å². The zero-order valence-corrected chi connectivity index (χ0v) is 22.3. The van der Waals surface area contributed by atoms with Crippen molar-refractivity contribution in [3.63, 3.8) is 0 Å². The Morgan fingerprint density at radius 2 is 1.38 bits per heavy atom. The van der Waals surface area contributed by atoms with Crippen molar-refractivity contribution in [3.05, 3.63) is 89.0 Å². The summed E-state index contributed by atoms with van der Waals surface area (Å²) in [6, 6.07) is 12.9. The molecule has 0 radical (unpaired) electrons. The van der Waals surface area contributed by atoms with Crippen molar-refractivity contribution in [1.29, 1.82) is 0 Å². The van der Waals surface area contributed by atoms with Gasteiger partial charge in [-0.1, -0.05) is 29.8 Å². The van der Waals surface area contributed by atoms with Crippen LogP contribution in [0.1, 0.15) is 23.7 Å². The Bertz CT molecular complexity index is 1360. The molecule has 3 aliphatic heterocycles. The van der Waals surface area contributed by atoms with Crippen LogP contribution in [0.25, 0.3) is 0 Å². The zero-order chi connectivity index (χ0) is 28.5. The van der Waals surface area contributed by atoms with Crippen LogP contribution >= 0.6 is 11.6 Å². The second-order valence-electron chi connectivity index (χ2n) is 9.41. The number of esters is 4. The highest BCUT2D eigenvalue weighted by molar-refractivity contribution is 6.30. The minimum Gasteiger partial charge on any atom is -0.476 e. The summed E-state index contributed by atoms with van der Waals surface area (Å²) in [7, 11) is 3.71. The van der Waals surface area contributed by atoms with Gasteiger partial charge < -0.3 is 28.6 Å². The average Bonchev–Trinajstić information content (AvgIpc) is 3.16. The molecule has 40 heavy (non-hydrogen) atoms. The topological polar surface area (TPSA) is 121 Å². The molecule has 2 spiro atoms. The fraction of sp³-hybridized carbons (Fsp3) is 0.286. The molecule has 11 nitrogen and oxygen atoms in total. The summed E-state index contributed by atoms with van der Waals surface area (Å²) >= 11 is 6.07. The van der Waals surface area contributed by atoms with Gasteiger partial charge in [-0.15, -0.1) is 4.90 Å². The molecule has 3 heterocycles. The van der Waals surface area contributed by atoms with Gasteiger partial charge in [0.25, 0.3) is 0 Å². The molecule has 1 unspecified atom stereocenters. The normalized spacial score (nSPS) is 21.2. The second-order valence-corrected chi connectivity index (χ2v) is 9.85. The largest absolute Gasteiger partial charge is 0.476 e. The third kappa shape index (κ3) is 5.06. The summed E-state index contributed by atoms with van der Waals surface area (Å²) in [5.41, 5.74) is 0.477. The summed E-state index contributed by atoms with van der Waals surface area (Å²) in [6.45, 7) is 0.474. The van der Waals surface area contributed by atoms with Crippen molar-refractivity contribution >= 4 is 35.5 Å². The molecule has 5 rings (SSSR count). The van der Waals surface area contributed by atoms with Gasteiger partial charge in [-0.05, 0) is 57.4 Å². The van der Waals surface area contributed by atoms with Crippen LogP contribution in [0.4, 0.5) is 0 Å². The number of nitrogens with zero attached hydrogens (tertiary/aromatic N) is 2. The quantitative estimate of drug-likeness (QED) is 0.478. The van der Waals surface area contributed by atoms with Crippen LogP contribution in [-0.2, 0) is 44.0 Å². The van der Waals surface area contributed by atoms with E-state index < -0.39 is 41.8 Å². The van der Waals surface area contributed by atoms with Gasteiger partial charge in [-0.2, -0.15) is 0 Å². The van der Waals surface area contributed by atoms with E-state index in [2.05, 4.69) is 0 Å². The highest BCUT2D eigenvalue weighted by atomic mass is 35.5. The Labute approximate surface area is 234 Å². The molecule has 1 atom stereocenters. The van der Waals surface area contributed by atoms with Crippen LogP contribution < -0.4 is 4.74 Å². The Morgan fingerprint density at radius 1 is 0.825 bits per heavy atom. The van der Waals surface area contributed by atoms with E-state index >= 15 is 0 Å². The van der Waals surface area contributed by atoms with Crippen molar-refractivity contribution < 1.29 is 42.9 Å². The molecule has 2 aromatic carbocycles. The van der Waals surface area contributed by atoms with E-state index in [1.807, 2.05) is 19.0 Å². The maximum Gasteiger partial charge on any atom is 0.370 e. The van der Waals surface area contributed by atoms with Crippen LogP contribution in [0, 0.1) is 0 Å². The number of fused-ring (bicyclic) bond motifs is 2. The van der Waals surface area contributed by atoms with Gasteiger partial charge in [-0.25, -0.2) is 19.2 Å². The SMILES string of the molecule is CN(C)CCCN1C2(OC(=O)C=CC(=O)O2)c2ccccc2C(Oc2ccc(Cl)cc2)C12OC(=O)C=CC(=O)O2. The zero-order valence-electron chi connectivity index (χ0n) is 21.6. The lowest BCUT2D eigenvalue weighted by Gasteiger charge is -2.54. The van der Waals surface area contributed by atoms with Gasteiger partial charge in [0.2, 0.25) is 6.10 Å². The highest BCUT2D eigenvalue weighted by Crippen LogP contribution is 2.53.